The van der Waals surface area contributed by atoms with E-state index in [1.54, 1.807) is 0 Å². The molecule has 0 aromatic heterocycles. The molecule has 0 aliphatic heterocycles. The Hall–Kier alpha value is -2.78. The highest BCUT2D eigenvalue weighted by Gasteiger charge is 2.18. The molecule has 0 unspecified atom stereocenters. The third kappa shape index (κ3) is 5.86. The minimum Gasteiger partial charge on any atom is -0.493 e. The summed E-state index contributed by atoms with van der Waals surface area (Å²) in [4.78, 5) is 11.7. The van der Waals surface area contributed by atoms with Gasteiger partial charge in [0.2, 0.25) is 10.0 Å². The van der Waals surface area contributed by atoms with Crippen LogP contribution >= 0.6 is 0 Å². The zero-order valence-electron chi connectivity index (χ0n) is 15.9. The Morgan fingerprint density at radius 2 is 1.68 bits per heavy atom. The number of carbonyl (C=O) groups is 1. The van der Waals surface area contributed by atoms with E-state index in [0.29, 0.717) is 11.5 Å². The van der Waals surface area contributed by atoms with Crippen LogP contribution in [-0.4, -0.2) is 48.4 Å². The molecule has 0 saturated carbocycles. The van der Waals surface area contributed by atoms with Gasteiger partial charge in [-0.1, -0.05) is 18.2 Å². The predicted octanol–water partition coefficient (Wildman–Crippen LogP) is 1.91. The van der Waals surface area contributed by atoms with Crippen molar-refractivity contribution >= 4 is 16.0 Å². The summed E-state index contributed by atoms with van der Waals surface area (Å²) in [6, 6.07) is 11.6. The topological polar surface area (TPSA) is 100 Å². The highest BCUT2D eigenvalue weighted by Crippen LogP contribution is 2.29. The average molecular weight is 409 g/mol. The molecule has 9 heteroatoms. The monoisotopic (exact) mass is 409 g/mol. The summed E-state index contributed by atoms with van der Waals surface area (Å²) < 4.78 is 47.5. The first kappa shape index (κ1) is 21.5. The molecule has 2 aromatic rings. The molecule has 0 saturated heterocycles. The van der Waals surface area contributed by atoms with Gasteiger partial charge in [-0.2, -0.15) is 4.72 Å². The number of carbonyl (C=O) groups excluding carboxylic acids is 1. The van der Waals surface area contributed by atoms with E-state index in [4.69, 9.17) is 18.9 Å². The highest BCUT2D eigenvalue weighted by molar-refractivity contribution is 7.89. The highest BCUT2D eigenvalue weighted by atomic mass is 32.2. The molecule has 0 bridgehead atoms. The Labute approximate surface area is 164 Å². The van der Waals surface area contributed by atoms with Crippen LogP contribution in [0.25, 0.3) is 0 Å². The van der Waals surface area contributed by atoms with Crippen molar-refractivity contribution in [3.63, 3.8) is 0 Å². The summed E-state index contributed by atoms with van der Waals surface area (Å²) in [5.74, 6) is 0.654. The maximum absolute atomic E-state index is 12.3. The molecule has 0 fully saturated rings. The predicted molar refractivity (Wildman–Crippen MR) is 102 cm³/mol. The second kappa shape index (κ2) is 9.95. The van der Waals surface area contributed by atoms with Crippen LogP contribution in [-0.2, 0) is 19.6 Å². The van der Waals surface area contributed by atoms with Crippen molar-refractivity contribution in [1.82, 2.24) is 4.72 Å². The summed E-state index contributed by atoms with van der Waals surface area (Å²) in [5, 5.41) is 0. The summed E-state index contributed by atoms with van der Waals surface area (Å²) in [5.41, 5.74) is 0.969. The number of esters is 1. The van der Waals surface area contributed by atoms with Crippen LogP contribution in [0.5, 0.6) is 17.2 Å². The van der Waals surface area contributed by atoms with Crippen molar-refractivity contribution < 1.29 is 32.2 Å². The lowest BCUT2D eigenvalue weighted by Gasteiger charge is -2.11. The number of benzene rings is 2. The minimum atomic E-state index is -3.91. The van der Waals surface area contributed by atoms with Crippen molar-refractivity contribution in [2.24, 2.45) is 0 Å². The van der Waals surface area contributed by atoms with Gasteiger partial charge in [0.05, 0.1) is 19.1 Å². The molecule has 2 rings (SSSR count). The van der Waals surface area contributed by atoms with E-state index in [2.05, 4.69) is 4.72 Å². The minimum absolute atomic E-state index is 0.00521. The molecular weight excluding hydrogens is 386 g/mol. The number of sulfonamides is 1. The molecule has 0 heterocycles. The molecule has 0 atom stereocenters. The molecule has 1 N–H and O–H groups in total. The van der Waals surface area contributed by atoms with Gasteiger partial charge in [0.25, 0.3) is 0 Å². The lowest BCUT2D eigenvalue weighted by molar-refractivity contribution is -0.142. The Balaban J connectivity index is 1.82. The van der Waals surface area contributed by atoms with Crippen molar-refractivity contribution in [2.75, 3.05) is 34.0 Å². The fourth-order valence-corrected chi connectivity index (χ4v) is 3.28. The van der Waals surface area contributed by atoms with Crippen LogP contribution in [0.3, 0.4) is 0 Å². The third-order valence-electron chi connectivity index (χ3n) is 3.77. The summed E-state index contributed by atoms with van der Waals surface area (Å²) in [6.07, 6.45) is 0. The van der Waals surface area contributed by atoms with E-state index >= 15 is 0 Å². The van der Waals surface area contributed by atoms with Crippen LogP contribution in [0, 0.1) is 6.92 Å². The van der Waals surface area contributed by atoms with E-state index in [9.17, 15) is 13.2 Å². The van der Waals surface area contributed by atoms with E-state index in [1.807, 2.05) is 31.2 Å². The SMILES string of the molecule is COc1ccc(S(=O)(=O)NCC(=O)OCCOc2ccccc2C)cc1OC. The number of rotatable bonds is 10. The Morgan fingerprint density at radius 1 is 0.964 bits per heavy atom. The quantitative estimate of drug-likeness (QED) is 0.473. The molecular formula is C19H23NO7S. The lowest BCUT2D eigenvalue weighted by Crippen LogP contribution is -2.31. The van der Waals surface area contributed by atoms with Crippen LogP contribution in [0.1, 0.15) is 5.56 Å². The molecule has 2 aromatic carbocycles. The van der Waals surface area contributed by atoms with Crippen molar-refractivity contribution in [1.29, 1.82) is 0 Å². The van der Waals surface area contributed by atoms with Crippen molar-refractivity contribution in [3.05, 3.63) is 48.0 Å². The number of hydrogen-bond acceptors (Lipinski definition) is 7. The zero-order chi connectivity index (χ0) is 20.6. The fraction of sp³-hybridized carbons (Fsp3) is 0.316. The molecule has 8 nitrogen and oxygen atoms in total. The number of hydrogen-bond donors (Lipinski definition) is 1. The first-order chi connectivity index (χ1) is 13.4. The zero-order valence-corrected chi connectivity index (χ0v) is 16.7. The number of nitrogens with one attached hydrogen (secondary N) is 1. The lowest BCUT2D eigenvalue weighted by atomic mass is 10.2. The smallest absolute Gasteiger partial charge is 0.321 e. The number of ether oxygens (including phenoxy) is 4. The standard InChI is InChI=1S/C19H23NO7S/c1-14-6-4-5-7-16(14)26-10-11-27-19(21)13-20-28(22,23)15-8-9-17(24-2)18(12-15)25-3/h4-9,12,20H,10-11,13H2,1-3H3. The van der Waals surface area contributed by atoms with Gasteiger partial charge in [-0.3, -0.25) is 4.79 Å². The Bertz CT molecular complexity index is 912. The van der Waals surface area contributed by atoms with Crippen molar-refractivity contribution in [2.45, 2.75) is 11.8 Å². The third-order valence-corrected chi connectivity index (χ3v) is 5.17. The van der Waals surface area contributed by atoms with Gasteiger partial charge >= 0.3 is 5.97 Å². The molecule has 0 radical (unpaired) electrons. The second-order valence-corrected chi connectivity index (χ2v) is 7.44. The van der Waals surface area contributed by atoms with Gasteiger partial charge in [-0.25, -0.2) is 8.42 Å². The Kier molecular flexibility index (Phi) is 7.65. The van der Waals surface area contributed by atoms with Gasteiger partial charge in [-0.15, -0.1) is 0 Å². The van der Waals surface area contributed by atoms with Gasteiger partial charge in [0.1, 0.15) is 25.5 Å². The molecule has 28 heavy (non-hydrogen) atoms. The number of para-hydroxylation sites is 1. The maximum Gasteiger partial charge on any atom is 0.321 e. The summed E-state index contributed by atoms with van der Waals surface area (Å²) >= 11 is 0. The van der Waals surface area contributed by atoms with E-state index in [0.717, 1.165) is 5.56 Å². The second-order valence-electron chi connectivity index (χ2n) is 5.68. The first-order valence-electron chi connectivity index (χ1n) is 8.43. The number of methoxy groups -OCH3 is 2. The largest absolute Gasteiger partial charge is 0.493 e. The van der Waals surface area contributed by atoms with Gasteiger partial charge in [0, 0.05) is 6.07 Å². The van der Waals surface area contributed by atoms with Gasteiger partial charge in [-0.05, 0) is 30.7 Å². The van der Waals surface area contributed by atoms with E-state index in [1.165, 1.54) is 32.4 Å². The van der Waals surface area contributed by atoms with Crippen LogP contribution in [0.15, 0.2) is 47.4 Å². The maximum atomic E-state index is 12.3. The molecule has 0 aliphatic rings. The van der Waals surface area contributed by atoms with Crippen LogP contribution in [0.4, 0.5) is 0 Å². The first-order valence-corrected chi connectivity index (χ1v) is 9.91. The Morgan fingerprint density at radius 3 is 2.36 bits per heavy atom. The van der Waals surface area contributed by atoms with E-state index in [-0.39, 0.29) is 23.9 Å². The van der Waals surface area contributed by atoms with Crippen LogP contribution < -0.4 is 18.9 Å². The van der Waals surface area contributed by atoms with Gasteiger partial charge in [0.15, 0.2) is 11.5 Å². The fourth-order valence-electron chi connectivity index (χ4n) is 2.30. The molecule has 0 amide bonds. The summed E-state index contributed by atoms with van der Waals surface area (Å²) in [7, 11) is -1.06. The average Bonchev–Trinajstić information content (AvgIpc) is 2.70. The number of aryl methyl sites for hydroxylation is 1. The normalized spacial score (nSPS) is 11.0. The van der Waals surface area contributed by atoms with E-state index < -0.39 is 22.5 Å². The van der Waals surface area contributed by atoms with Crippen molar-refractivity contribution in [3.8, 4) is 17.2 Å². The molecule has 0 aliphatic carbocycles. The van der Waals surface area contributed by atoms with Crippen LogP contribution in [0.2, 0.25) is 0 Å². The molecule has 0 spiro atoms. The van der Waals surface area contributed by atoms with Gasteiger partial charge < -0.3 is 18.9 Å². The molecule has 152 valence electrons. The summed E-state index contributed by atoms with van der Waals surface area (Å²) in [6.45, 7) is 1.58.